The van der Waals surface area contributed by atoms with Crippen LogP contribution in [0.15, 0.2) is 0 Å². The minimum Gasteiger partial charge on any atom is -0.394 e. The summed E-state index contributed by atoms with van der Waals surface area (Å²) in [7, 11) is 1.16. The molecule has 2 fully saturated rings. The van der Waals surface area contributed by atoms with E-state index < -0.39 is 49.4 Å². The molecule has 3 amide bonds. The van der Waals surface area contributed by atoms with Gasteiger partial charge in [-0.2, -0.15) is 0 Å². The van der Waals surface area contributed by atoms with Gasteiger partial charge in [-0.25, -0.2) is 9.18 Å². The molecular weight excluding hydrogens is 263 g/mol. The molecule has 0 radical (unpaired) electrons. The number of aliphatic hydroxyl groups is 2. The Morgan fingerprint density at radius 1 is 1.58 bits per heavy atom. The van der Waals surface area contributed by atoms with E-state index in [1.807, 2.05) is 5.32 Å². The Morgan fingerprint density at radius 2 is 2.26 bits per heavy atom. The molecule has 2 unspecified atom stereocenters. The Bertz CT molecular complexity index is 381. The zero-order chi connectivity index (χ0) is 14.2. The lowest BCUT2D eigenvalue weighted by Crippen LogP contribution is -2.64. The van der Waals surface area contributed by atoms with E-state index >= 15 is 0 Å². The maximum absolute atomic E-state index is 13.7. The largest absolute Gasteiger partial charge is 0.394 e. The zero-order valence-corrected chi connectivity index (χ0v) is 10.2. The van der Waals surface area contributed by atoms with Gasteiger partial charge in [-0.05, 0) is 0 Å². The van der Waals surface area contributed by atoms with Crippen molar-refractivity contribution in [1.29, 1.82) is 0 Å². The van der Waals surface area contributed by atoms with Gasteiger partial charge in [0.15, 0.2) is 6.23 Å². The number of nitrogens with zero attached hydrogens (tertiary/aromatic N) is 1. The van der Waals surface area contributed by atoms with Crippen molar-refractivity contribution in [1.82, 2.24) is 10.2 Å². The average Bonchev–Trinajstić information content (AvgIpc) is 2.74. The molecule has 0 aromatic carbocycles. The molecule has 108 valence electrons. The molecule has 2 saturated heterocycles. The molecular formula is C10H15FN2O6. The molecule has 0 aromatic heterocycles. The van der Waals surface area contributed by atoms with Crippen molar-refractivity contribution in [3.63, 3.8) is 0 Å². The van der Waals surface area contributed by atoms with Crippen molar-refractivity contribution in [2.45, 2.75) is 37.3 Å². The summed E-state index contributed by atoms with van der Waals surface area (Å²) in [5, 5.41) is 20.4. The van der Waals surface area contributed by atoms with Gasteiger partial charge in [0.05, 0.1) is 12.7 Å². The SMILES string of the molecule is COC1C(F)C(=O)NC(=O)N1[C@H]1C[C@H](O)[C@@H](CO)O1. The van der Waals surface area contributed by atoms with E-state index in [1.54, 1.807) is 0 Å². The van der Waals surface area contributed by atoms with Crippen LogP contribution in [0.2, 0.25) is 0 Å². The van der Waals surface area contributed by atoms with Gasteiger partial charge in [-0.1, -0.05) is 0 Å². The van der Waals surface area contributed by atoms with E-state index in [4.69, 9.17) is 14.6 Å². The third-order valence-corrected chi connectivity index (χ3v) is 3.18. The lowest BCUT2D eigenvalue weighted by Gasteiger charge is -2.38. The summed E-state index contributed by atoms with van der Waals surface area (Å²) < 4.78 is 23.8. The van der Waals surface area contributed by atoms with Crippen LogP contribution >= 0.6 is 0 Å². The van der Waals surface area contributed by atoms with Gasteiger partial charge in [-0.15, -0.1) is 0 Å². The molecule has 0 spiro atoms. The van der Waals surface area contributed by atoms with Crippen LogP contribution < -0.4 is 5.32 Å². The Morgan fingerprint density at radius 3 is 2.79 bits per heavy atom. The molecule has 9 heteroatoms. The van der Waals surface area contributed by atoms with Crippen LogP contribution in [-0.4, -0.2) is 71.6 Å². The quantitative estimate of drug-likeness (QED) is 0.569. The van der Waals surface area contributed by atoms with Crippen LogP contribution in [0, 0.1) is 0 Å². The highest BCUT2D eigenvalue weighted by Gasteiger charge is 2.49. The standard InChI is InChI=1S/C10H15FN2O6/c1-18-9-7(11)8(16)12-10(17)13(9)6-2-4(15)5(3-14)19-6/h4-7,9,14-15H,2-3H2,1H3,(H,12,16,17)/t4-,5+,6+,7?,9?/m0/s1. The van der Waals surface area contributed by atoms with Gasteiger partial charge in [0, 0.05) is 13.5 Å². The molecule has 19 heavy (non-hydrogen) atoms. The van der Waals surface area contributed by atoms with Gasteiger partial charge in [0.2, 0.25) is 6.17 Å². The monoisotopic (exact) mass is 278 g/mol. The second-order valence-electron chi connectivity index (χ2n) is 4.34. The van der Waals surface area contributed by atoms with E-state index in [9.17, 15) is 19.1 Å². The fraction of sp³-hybridized carbons (Fsp3) is 0.800. The van der Waals surface area contributed by atoms with Gasteiger partial charge >= 0.3 is 6.03 Å². The van der Waals surface area contributed by atoms with Gasteiger partial charge in [-0.3, -0.25) is 15.0 Å². The minimum atomic E-state index is -2.04. The summed E-state index contributed by atoms with van der Waals surface area (Å²) in [5.41, 5.74) is 0. The fourth-order valence-electron chi connectivity index (χ4n) is 2.20. The van der Waals surface area contributed by atoms with E-state index in [0.717, 1.165) is 12.0 Å². The van der Waals surface area contributed by atoms with Crippen LogP contribution in [-0.2, 0) is 14.3 Å². The molecule has 2 rings (SSSR count). The number of carbonyl (C=O) groups excluding carboxylic acids is 2. The Hall–Kier alpha value is -1.29. The number of ether oxygens (including phenoxy) is 2. The number of alkyl halides is 1. The van der Waals surface area contributed by atoms with Crippen LogP contribution in [0.25, 0.3) is 0 Å². The number of imide groups is 1. The van der Waals surface area contributed by atoms with Crippen molar-refractivity contribution in [2.75, 3.05) is 13.7 Å². The van der Waals surface area contributed by atoms with Crippen molar-refractivity contribution in [3.8, 4) is 0 Å². The van der Waals surface area contributed by atoms with E-state index in [2.05, 4.69) is 0 Å². The number of methoxy groups -OCH3 is 1. The topological polar surface area (TPSA) is 108 Å². The summed E-state index contributed by atoms with van der Waals surface area (Å²) in [6.07, 6.45) is -6.27. The lowest BCUT2D eigenvalue weighted by molar-refractivity contribution is -0.164. The normalized spacial score (nSPS) is 39.6. The summed E-state index contributed by atoms with van der Waals surface area (Å²) in [4.78, 5) is 23.8. The van der Waals surface area contributed by atoms with Crippen molar-refractivity contribution in [2.24, 2.45) is 0 Å². The first-order valence-corrected chi connectivity index (χ1v) is 5.74. The smallest absolute Gasteiger partial charge is 0.328 e. The minimum absolute atomic E-state index is 0.000578. The molecule has 0 saturated carbocycles. The number of rotatable bonds is 3. The number of halogens is 1. The summed E-state index contributed by atoms with van der Waals surface area (Å²) in [6, 6.07) is -0.860. The molecule has 8 nitrogen and oxygen atoms in total. The Labute approximate surface area is 108 Å². The number of carbonyl (C=O) groups is 2. The fourth-order valence-corrected chi connectivity index (χ4v) is 2.20. The van der Waals surface area contributed by atoms with Crippen LogP contribution in [0.5, 0.6) is 0 Å². The van der Waals surface area contributed by atoms with Crippen LogP contribution in [0.3, 0.4) is 0 Å². The predicted molar refractivity (Wildman–Crippen MR) is 57.4 cm³/mol. The third-order valence-electron chi connectivity index (χ3n) is 3.18. The van der Waals surface area contributed by atoms with Gasteiger partial charge in [0.25, 0.3) is 5.91 Å². The highest BCUT2D eigenvalue weighted by atomic mass is 19.1. The van der Waals surface area contributed by atoms with Crippen molar-refractivity contribution < 1.29 is 33.7 Å². The molecule has 0 aromatic rings. The average molecular weight is 278 g/mol. The molecule has 0 bridgehead atoms. The number of nitrogens with one attached hydrogen (secondary N) is 1. The summed E-state index contributed by atoms with van der Waals surface area (Å²) >= 11 is 0. The molecule has 2 aliphatic heterocycles. The molecule has 2 aliphatic rings. The van der Waals surface area contributed by atoms with E-state index in [-0.39, 0.29) is 6.42 Å². The first-order valence-electron chi connectivity index (χ1n) is 5.74. The molecule has 2 heterocycles. The maximum Gasteiger partial charge on any atom is 0.328 e. The second-order valence-corrected chi connectivity index (χ2v) is 4.34. The van der Waals surface area contributed by atoms with Crippen LogP contribution in [0.1, 0.15) is 6.42 Å². The summed E-state index contributed by atoms with van der Waals surface area (Å²) in [6.45, 7) is -0.428. The highest BCUT2D eigenvalue weighted by Crippen LogP contribution is 2.28. The number of amides is 3. The lowest BCUT2D eigenvalue weighted by atomic mass is 10.1. The summed E-state index contributed by atoms with van der Waals surface area (Å²) in [5.74, 6) is -1.08. The van der Waals surface area contributed by atoms with Crippen molar-refractivity contribution >= 4 is 11.9 Å². The molecule has 0 aliphatic carbocycles. The maximum atomic E-state index is 13.7. The Kier molecular flexibility index (Phi) is 3.99. The van der Waals surface area contributed by atoms with Gasteiger partial charge < -0.3 is 19.7 Å². The molecule has 5 atom stereocenters. The number of hydrogen-bond donors (Lipinski definition) is 3. The number of aliphatic hydroxyl groups excluding tert-OH is 2. The Balaban J connectivity index is 2.17. The number of hydrogen-bond acceptors (Lipinski definition) is 6. The van der Waals surface area contributed by atoms with E-state index in [1.165, 1.54) is 0 Å². The third kappa shape index (κ3) is 2.41. The second kappa shape index (κ2) is 5.37. The zero-order valence-electron chi connectivity index (χ0n) is 10.2. The van der Waals surface area contributed by atoms with Crippen molar-refractivity contribution in [3.05, 3.63) is 0 Å². The number of urea groups is 1. The first kappa shape index (κ1) is 14.1. The first-order chi connectivity index (χ1) is 8.99. The highest BCUT2D eigenvalue weighted by molar-refractivity contribution is 5.99. The van der Waals surface area contributed by atoms with Crippen LogP contribution in [0.4, 0.5) is 9.18 Å². The predicted octanol–water partition coefficient (Wildman–Crippen LogP) is -1.68. The van der Waals surface area contributed by atoms with Gasteiger partial charge in [0.1, 0.15) is 12.3 Å². The molecule has 3 N–H and O–H groups in total. The van der Waals surface area contributed by atoms with E-state index in [0.29, 0.717) is 0 Å².